The van der Waals surface area contributed by atoms with Crippen LogP contribution in [0.5, 0.6) is 0 Å². The maximum atomic E-state index is 12.7. The molecule has 0 bridgehead atoms. The van der Waals surface area contributed by atoms with Gasteiger partial charge in [0.1, 0.15) is 0 Å². The Hall–Kier alpha value is -1.35. The number of aryl methyl sites for hydroxylation is 1. The van der Waals surface area contributed by atoms with Gasteiger partial charge in [0.25, 0.3) is 0 Å². The Labute approximate surface area is 109 Å². The van der Waals surface area contributed by atoms with Crippen molar-refractivity contribution in [2.24, 2.45) is 5.41 Å². The molecule has 1 amide bonds. The number of hydrogen-bond acceptors (Lipinski definition) is 2. The first-order valence-corrected chi connectivity index (χ1v) is 6.67. The summed E-state index contributed by atoms with van der Waals surface area (Å²) in [5.41, 5.74) is 1.94. The van der Waals surface area contributed by atoms with Gasteiger partial charge >= 0.3 is 0 Å². The Morgan fingerprint density at radius 3 is 2.72 bits per heavy atom. The normalized spacial score (nSPS) is 23.1. The molecule has 0 spiro atoms. The zero-order valence-corrected chi connectivity index (χ0v) is 11.5. The molecule has 1 aliphatic heterocycles. The highest BCUT2D eigenvalue weighted by molar-refractivity contribution is 5.98. The molecule has 1 fully saturated rings. The van der Waals surface area contributed by atoms with Crippen LogP contribution in [0.15, 0.2) is 24.3 Å². The van der Waals surface area contributed by atoms with Gasteiger partial charge in [-0.2, -0.15) is 0 Å². The number of carbonyl (C=O) groups excluding carboxylic acids is 1. The maximum Gasteiger partial charge on any atom is 0.234 e. The number of hydrogen-bond donors (Lipinski definition) is 1. The molecule has 1 atom stereocenters. The zero-order valence-electron chi connectivity index (χ0n) is 11.5. The highest BCUT2D eigenvalue weighted by Gasteiger charge is 2.39. The predicted molar refractivity (Wildman–Crippen MR) is 74.8 cm³/mol. The van der Waals surface area contributed by atoms with Gasteiger partial charge in [0.15, 0.2) is 0 Å². The van der Waals surface area contributed by atoms with Crippen molar-refractivity contribution in [3.8, 4) is 0 Å². The lowest BCUT2D eigenvalue weighted by Crippen LogP contribution is -2.44. The first-order chi connectivity index (χ1) is 8.58. The van der Waals surface area contributed by atoms with Crippen LogP contribution in [-0.2, 0) is 4.79 Å². The lowest BCUT2D eigenvalue weighted by Gasteiger charge is -2.31. The molecule has 0 aromatic heterocycles. The van der Waals surface area contributed by atoms with Crippen LogP contribution >= 0.6 is 0 Å². The monoisotopic (exact) mass is 246 g/mol. The molecular formula is C15H22N2O. The fourth-order valence-electron chi connectivity index (χ4n) is 2.61. The minimum atomic E-state index is -0.252. The van der Waals surface area contributed by atoms with Crippen LogP contribution in [0.2, 0.25) is 0 Å². The van der Waals surface area contributed by atoms with E-state index in [1.165, 1.54) is 0 Å². The number of anilines is 1. The van der Waals surface area contributed by atoms with Crippen molar-refractivity contribution in [2.45, 2.75) is 27.2 Å². The van der Waals surface area contributed by atoms with Crippen molar-refractivity contribution >= 4 is 11.6 Å². The topological polar surface area (TPSA) is 32.3 Å². The lowest BCUT2D eigenvalue weighted by molar-refractivity contribution is -0.126. The average Bonchev–Trinajstić information content (AvgIpc) is 2.81. The van der Waals surface area contributed by atoms with E-state index in [9.17, 15) is 4.79 Å². The molecule has 1 aromatic carbocycles. The van der Waals surface area contributed by atoms with Crippen LogP contribution in [0.1, 0.15) is 25.8 Å². The summed E-state index contributed by atoms with van der Waals surface area (Å²) in [5.74, 6) is 0.240. The highest BCUT2D eigenvalue weighted by Crippen LogP contribution is 2.30. The van der Waals surface area contributed by atoms with Gasteiger partial charge in [-0.05, 0) is 45.4 Å². The lowest BCUT2D eigenvalue weighted by atomic mass is 9.87. The largest absolute Gasteiger partial charge is 0.316 e. The van der Waals surface area contributed by atoms with Crippen LogP contribution in [0.25, 0.3) is 0 Å². The summed E-state index contributed by atoms with van der Waals surface area (Å²) >= 11 is 0. The summed E-state index contributed by atoms with van der Waals surface area (Å²) in [6.07, 6.45) is 0.925. The fourth-order valence-corrected chi connectivity index (χ4v) is 2.61. The molecule has 98 valence electrons. The van der Waals surface area contributed by atoms with Crippen molar-refractivity contribution in [2.75, 3.05) is 24.5 Å². The van der Waals surface area contributed by atoms with Gasteiger partial charge in [-0.1, -0.05) is 18.2 Å². The van der Waals surface area contributed by atoms with Crippen molar-refractivity contribution < 1.29 is 4.79 Å². The molecule has 0 aliphatic carbocycles. The molecule has 3 heteroatoms. The van der Waals surface area contributed by atoms with E-state index in [1.807, 2.05) is 30.0 Å². The molecule has 1 N–H and O–H groups in total. The first-order valence-electron chi connectivity index (χ1n) is 6.67. The summed E-state index contributed by atoms with van der Waals surface area (Å²) in [6.45, 7) is 8.61. The molecule has 1 aromatic rings. The Morgan fingerprint density at radius 2 is 2.17 bits per heavy atom. The SMILES string of the molecule is CCN(C(=O)C1(C)CCNC1)c1ccccc1C. The number of benzene rings is 1. The number of para-hydroxylation sites is 1. The standard InChI is InChI=1S/C15H22N2O/c1-4-17(13-8-6-5-7-12(13)2)14(18)15(3)9-10-16-11-15/h5-8,16H,4,9-11H2,1-3H3. The number of rotatable bonds is 3. The van der Waals surface area contributed by atoms with Crippen LogP contribution in [0.4, 0.5) is 5.69 Å². The minimum absolute atomic E-state index is 0.240. The van der Waals surface area contributed by atoms with Gasteiger partial charge in [0.2, 0.25) is 5.91 Å². The predicted octanol–water partition coefficient (Wildman–Crippen LogP) is 2.35. The molecule has 0 radical (unpaired) electrons. The Balaban J connectivity index is 2.29. The summed E-state index contributed by atoms with van der Waals surface area (Å²) < 4.78 is 0. The van der Waals surface area contributed by atoms with Crippen molar-refractivity contribution in [1.82, 2.24) is 5.32 Å². The third-order valence-corrected chi connectivity index (χ3v) is 3.85. The maximum absolute atomic E-state index is 12.7. The Morgan fingerprint density at radius 1 is 1.44 bits per heavy atom. The second-order valence-corrected chi connectivity index (χ2v) is 5.32. The van der Waals surface area contributed by atoms with Crippen molar-refractivity contribution in [1.29, 1.82) is 0 Å². The van der Waals surface area contributed by atoms with Crippen LogP contribution < -0.4 is 10.2 Å². The number of nitrogens with zero attached hydrogens (tertiary/aromatic N) is 1. The third-order valence-electron chi connectivity index (χ3n) is 3.85. The van der Waals surface area contributed by atoms with E-state index in [1.54, 1.807) is 0 Å². The van der Waals surface area contributed by atoms with E-state index in [-0.39, 0.29) is 11.3 Å². The van der Waals surface area contributed by atoms with E-state index in [4.69, 9.17) is 0 Å². The molecular weight excluding hydrogens is 224 g/mol. The molecule has 1 saturated heterocycles. The summed E-state index contributed by atoms with van der Waals surface area (Å²) in [6, 6.07) is 8.09. The third kappa shape index (κ3) is 2.27. The van der Waals surface area contributed by atoms with Gasteiger partial charge in [0, 0.05) is 18.8 Å². The summed E-state index contributed by atoms with van der Waals surface area (Å²) in [4.78, 5) is 14.7. The molecule has 3 nitrogen and oxygen atoms in total. The Bertz CT molecular complexity index is 436. The number of amides is 1. The van der Waals surface area contributed by atoms with E-state index in [0.717, 1.165) is 37.3 Å². The van der Waals surface area contributed by atoms with E-state index < -0.39 is 0 Å². The van der Waals surface area contributed by atoms with Crippen LogP contribution in [-0.4, -0.2) is 25.5 Å². The first kappa shape index (κ1) is 13.1. The van der Waals surface area contributed by atoms with Crippen molar-refractivity contribution in [3.63, 3.8) is 0 Å². The molecule has 18 heavy (non-hydrogen) atoms. The second kappa shape index (κ2) is 5.11. The second-order valence-electron chi connectivity index (χ2n) is 5.32. The molecule has 1 unspecified atom stereocenters. The highest BCUT2D eigenvalue weighted by atomic mass is 16.2. The molecule has 1 heterocycles. The minimum Gasteiger partial charge on any atom is -0.316 e. The van der Waals surface area contributed by atoms with Gasteiger partial charge < -0.3 is 10.2 Å². The smallest absolute Gasteiger partial charge is 0.234 e. The molecule has 1 aliphatic rings. The Kier molecular flexibility index (Phi) is 3.71. The van der Waals surface area contributed by atoms with Crippen LogP contribution in [0.3, 0.4) is 0 Å². The molecule has 0 saturated carbocycles. The van der Waals surface area contributed by atoms with Gasteiger partial charge in [0.05, 0.1) is 5.41 Å². The zero-order chi connectivity index (χ0) is 13.2. The van der Waals surface area contributed by atoms with E-state index >= 15 is 0 Å². The summed E-state index contributed by atoms with van der Waals surface area (Å²) in [7, 11) is 0. The van der Waals surface area contributed by atoms with Gasteiger partial charge in [-0.3, -0.25) is 4.79 Å². The average molecular weight is 246 g/mol. The van der Waals surface area contributed by atoms with Gasteiger partial charge in [-0.25, -0.2) is 0 Å². The van der Waals surface area contributed by atoms with E-state index in [0.29, 0.717) is 0 Å². The van der Waals surface area contributed by atoms with Crippen molar-refractivity contribution in [3.05, 3.63) is 29.8 Å². The van der Waals surface area contributed by atoms with E-state index in [2.05, 4.69) is 25.2 Å². The van der Waals surface area contributed by atoms with Gasteiger partial charge in [-0.15, -0.1) is 0 Å². The number of carbonyl (C=O) groups is 1. The molecule has 2 rings (SSSR count). The summed E-state index contributed by atoms with van der Waals surface area (Å²) in [5, 5.41) is 3.29. The van der Waals surface area contributed by atoms with Crippen LogP contribution in [0, 0.1) is 12.3 Å². The number of nitrogens with one attached hydrogen (secondary N) is 1. The fraction of sp³-hybridized carbons (Fsp3) is 0.533. The quantitative estimate of drug-likeness (QED) is 0.888.